The molecule has 0 aromatic carbocycles. The lowest BCUT2D eigenvalue weighted by Crippen LogP contribution is -2.09. The topological polar surface area (TPSA) is 89.1 Å². The third-order valence-corrected chi connectivity index (χ3v) is 6.43. The number of hydrogen-bond acceptors (Lipinski definition) is 6. The number of aromatic amines is 1. The van der Waals surface area contributed by atoms with Gasteiger partial charge in [0, 0.05) is 11.8 Å². The van der Waals surface area contributed by atoms with Crippen LogP contribution >= 0.6 is 11.3 Å². The number of esters is 1. The van der Waals surface area contributed by atoms with E-state index in [1.165, 1.54) is 0 Å². The number of nitrogens with zero attached hydrogens (tertiary/aromatic N) is 1. The summed E-state index contributed by atoms with van der Waals surface area (Å²) in [7, 11) is -3.43. The molecule has 0 unspecified atom stereocenters. The minimum Gasteiger partial charge on any atom is -0.462 e. The first-order chi connectivity index (χ1) is 9.93. The molecule has 0 fully saturated rings. The van der Waals surface area contributed by atoms with Gasteiger partial charge in [-0.25, -0.2) is 13.2 Å². The smallest absolute Gasteiger partial charge is 0.348 e. The number of sulfone groups is 1. The monoisotopic (exact) mass is 326 g/mol. The van der Waals surface area contributed by atoms with Crippen LogP contribution in [0.5, 0.6) is 0 Å². The van der Waals surface area contributed by atoms with Crippen molar-refractivity contribution in [2.24, 2.45) is 0 Å². The third-order valence-electron chi connectivity index (χ3n) is 3.38. The van der Waals surface area contributed by atoms with Gasteiger partial charge >= 0.3 is 5.97 Å². The number of aryl methyl sites for hydroxylation is 1. The van der Waals surface area contributed by atoms with E-state index in [0.29, 0.717) is 22.6 Å². The van der Waals surface area contributed by atoms with Crippen molar-refractivity contribution in [3.05, 3.63) is 22.2 Å². The number of aromatic nitrogens is 2. The van der Waals surface area contributed by atoms with E-state index in [-0.39, 0.29) is 10.8 Å². The van der Waals surface area contributed by atoms with Crippen LogP contribution in [0, 0.1) is 0 Å². The summed E-state index contributed by atoms with van der Waals surface area (Å²) in [5.74, 6) is -0.461. The van der Waals surface area contributed by atoms with E-state index >= 15 is 0 Å². The molecule has 0 saturated heterocycles. The summed E-state index contributed by atoms with van der Waals surface area (Å²) in [5, 5.41) is 6.84. The van der Waals surface area contributed by atoms with Gasteiger partial charge in [-0.2, -0.15) is 5.10 Å². The van der Waals surface area contributed by atoms with E-state index in [9.17, 15) is 13.2 Å². The van der Waals surface area contributed by atoms with Crippen molar-refractivity contribution in [2.75, 3.05) is 12.9 Å². The van der Waals surface area contributed by atoms with E-state index in [1.807, 2.05) is 0 Å². The first-order valence-corrected chi connectivity index (χ1v) is 9.19. The van der Waals surface area contributed by atoms with Crippen LogP contribution in [0.2, 0.25) is 0 Å². The Morgan fingerprint density at radius 1 is 1.48 bits per heavy atom. The van der Waals surface area contributed by atoms with Crippen LogP contribution in [-0.2, 0) is 27.4 Å². The molecule has 1 N–H and O–H groups in total. The lowest BCUT2D eigenvalue weighted by atomic mass is 9.92. The Morgan fingerprint density at radius 3 is 2.90 bits per heavy atom. The van der Waals surface area contributed by atoms with Crippen LogP contribution in [0.1, 0.15) is 27.7 Å². The maximum absolute atomic E-state index is 12.1. The summed E-state index contributed by atoms with van der Waals surface area (Å²) in [4.78, 5) is 12.5. The highest BCUT2D eigenvalue weighted by atomic mass is 32.2. The maximum atomic E-state index is 12.1. The fraction of sp³-hybridized carbons (Fsp3) is 0.385. The van der Waals surface area contributed by atoms with Crippen molar-refractivity contribution in [1.82, 2.24) is 10.2 Å². The highest BCUT2D eigenvalue weighted by Crippen LogP contribution is 2.43. The Balaban J connectivity index is 2.28. The zero-order valence-corrected chi connectivity index (χ0v) is 13.2. The molecule has 8 heteroatoms. The van der Waals surface area contributed by atoms with Gasteiger partial charge in [0.1, 0.15) is 9.09 Å². The van der Waals surface area contributed by atoms with Crippen molar-refractivity contribution in [1.29, 1.82) is 0 Å². The van der Waals surface area contributed by atoms with E-state index in [1.54, 1.807) is 13.1 Å². The van der Waals surface area contributed by atoms with Gasteiger partial charge in [-0.15, -0.1) is 11.3 Å². The predicted molar refractivity (Wildman–Crippen MR) is 78.4 cm³/mol. The lowest BCUT2D eigenvalue weighted by Gasteiger charge is -2.13. The zero-order valence-electron chi connectivity index (χ0n) is 11.6. The molecule has 2 heterocycles. The van der Waals surface area contributed by atoms with Gasteiger partial charge in [-0.1, -0.05) is 0 Å². The summed E-state index contributed by atoms with van der Waals surface area (Å²) in [6.45, 7) is 1.98. The van der Waals surface area contributed by atoms with Crippen LogP contribution in [0.25, 0.3) is 11.3 Å². The van der Waals surface area contributed by atoms with E-state index in [4.69, 9.17) is 4.74 Å². The van der Waals surface area contributed by atoms with Gasteiger partial charge in [0.2, 0.25) is 0 Å². The molecule has 21 heavy (non-hydrogen) atoms. The number of carbonyl (C=O) groups is 1. The normalized spacial score (nSPS) is 13.6. The average molecular weight is 326 g/mol. The molecule has 0 aliphatic heterocycles. The molecule has 0 saturated carbocycles. The molecule has 0 atom stereocenters. The van der Waals surface area contributed by atoms with Gasteiger partial charge in [-0.3, -0.25) is 5.10 Å². The number of carbonyl (C=O) groups excluding carboxylic acids is 1. The van der Waals surface area contributed by atoms with E-state index in [2.05, 4.69) is 10.2 Å². The molecule has 3 rings (SSSR count). The average Bonchev–Trinajstić information content (AvgIpc) is 3.01. The summed E-state index contributed by atoms with van der Waals surface area (Å²) in [5.41, 5.74) is 3.00. The van der Waals surface area contributed by atoms with Crippen LogP contribution in [0.15, 0.2) is 10.4 Å². The maximum Gasteiger partial charge on any atom is 0.348 e. The summed E-state index contributed by atoms with van der Waals surface area (Å²) >= 11 is 0.987. The first kappa shape index (κ1) is 14.3. The van der Waals surface area contributed by atoms with Gasteiger partial charge in [0.05, 0.1) is 18.5 Å². The first-order valence-electron chi connectivity index (χ1n) is 6.49. The molecule has 6 nitrogen and oxygen atoms in total. The SMILES string of the molecule is CCOC(=O)c1sc(S(C)(=O)=O)c2c1CCc1cn[nH]c1-2. The van der Waals surface area contributed by atoms with Crippen molar-refractivity contribution >= 4 is 27.1 Å². The second-order valence-corrected chi connectivity index (χ2v) is 8.07. The Hall–Kier alpha value is -1.67. The molecule has 0 spiro atoms. The lowest BCUT2D eigenvalue weighted by molar-refractivity contribution is 0.0531. The van der Waals surface area contributed by atoms with Gasteiger partial charge in [-0.05, 0) is 30.9 Å². The van der Waals surface area contributed by atoms with E-state index in [0.717, 1.165) is 35.1 Å². The fourth-order valence-electron chi connectivity index (χ4n) is 2.53. The molecule has 1 aliphatic rings. The van der Waals surface area contributed by atoms with Crippen molar-refractivity contribution in [2.45, 2.75) is 24.0 Å². The molecule has 0 radical (unpaired) electrons. The highest BCUT2D eigenvalue weighted by Gasteiger charge is 2.33. The molecule has 0 amide bonds. The number of fused-ring (bicyclic) bond motifs is 3. The fourth-order valence-corrected chi connectivity index (χ4v) is 4.97. The van der Waals surface area contributed by atoms with Crippen molar-refractivity contribution < 1.29 is 17.9 Å². The van der Waals surface area contributed by atoms with Gasteiger partial charge in [0.15, 0.2) is 9.84 Å². The predicted octanol–water partition coefficient (Wildman–Crippen LogP) is 1.82. The molecule has 112 valence electrons. The number of nitrogens with one attached hydrogen (secondary N) is 1. The molecule has 2 aromatic heterocycles. The number of ether oxygens (including phenoxy) is 1. The molecular weight excluding hydrogens is 312 g/mol. The standard InChI is InChI=1S/C13H14N2O4S2/c1-3-19-12(16)11-8-5-4-7-6-14-15-10(7)9(8)13(20-11)21(2,17)18/h6H,3-5H2,1-2H3,(H,14,15). The number of H-pyrrole nitrogens is 1. The minimum absolute atomic E-state index is 0.200. The van der Waals surface area contributed by atoms with Gasteiger partial charge in [0.25, 0.3) is 0 Å². The van der Waals surface area contributed by atoms with Crippen LogP contribution < -0.4 is 0 Å². The Bertz CT molecular complexity index is 817. The van der Waals surface area contributed by atoms with Crippen molar-refractivity contribution in [3.63, 3.8) is 0 Å². The Labute approximate surface area is 126 Å². The number of thiophene rings is 1. The molecule has 2 aromatic rings. The van der Waals surface area contributed by atoms with Crippen LogP contribution in [0.4, 0.5) is 0 Å². The van der Waals surface area contributed by atoms with Crippen LogP contribution in [0.3, 0.4) is 0 Å². The molecule has 0 bridgehead atoms. The summed E-state index contributed by atoms with van der Waals surface area (Å²) in [6, 6.07) is 0. The number of hydrogen-bond donors (Lipinski definition) is 1. The van der Waals surface area contributed by atoms with Crippen molar-refractivity contribution in [3.8, 4) is 11.3 Å². The Morgan fingerprint density at radius 2 is 2.24 bits per heavy atom. The second kappa shape index (κ2) is 4.96. The molecule has 1 aliphatic carbocycles. The summed E-state index contributed by atoms with van der Waals surface area (Å²) < 4.78 is 29.3. The number of rotatable bonds is 3. The summed E-state index contributed by atoms with van der Waals surface area (Å²) in [6.07, 6.45) is 4.19. The van der Waals surface area contributed by atoms with Crippen LogP contribution in [-0.4, -0.2) is 37.4 Å². The zero-order chi connectivity index (χ0) is 15.2. The Kier molecular flexibility index (Phi) is 3.37. The minimum atomic E-state index is -3.43. The second-order valence-electron chi connectivity index (χ2n) is 4.84. The van der Waals surface area contributed by atoms with E-state index < -0.39 is 15.8 Å². The molecular formula is C13H14N2O4S2. The highest BCUT2D eigenvalue weighted by molar-refractivity contribution is 7.93. The largest absolute Gasteiger partial charge is 0.462 e. The van der Waals surface area contributed by atoms with Gasteiger partial charge < -0.3 is 4.74 Å². The third kappa shape index (κ3) is 2.28. The quantitative estimate of drug-likeness (QED) is 0.869.